The Labute approximate surface area is 213 Å². The van der Waals surface area contributed by atoms with Crippen LogP contribution in [0.25, 0.3) is 6.08 Å². The predicted octanol–water partition coefficient (Wildman–Crippen LogP) is 4.48. The SMILES string of the molecule is CN1CC[C@H](Oc2ccc(/N=C3/NC(=O)/C(=C/c4cnc(NC(=O)C5CC5)s4)S3)c(C(F)(F)F)c2)C1. The van der Waals surface area contributed by atoms with E-state index in [4.69, 9.17) is 4.74 Å². The quantitative estimate of drug-likeness (QED) is 0.528. The van der Waals surface area contributed by atoms with Gasteiger partial charge in [-0.3, -0.25) is 9.59 Å². The Morgan fingerprint density at radius 2 is 2.14 bits per heavy atom. The molecular weight excluding hydrogens is 515 g/mol. The molecule has 1 aromatic carbocycles. The van der Waals surface area contributed by atoms with Gasteiger partial charge in [0.25, 0.3) is 5.91 Å². The summed E-state index contributed by atoms with van der Waals surface area (Å²) >= 11 is 2.14. The molecule has 36 heavy (non-hydrogen) atoms. The first kappa shape index (κ1) is 24.8. The van der Waals surface area contributed by atoms with Crippen molar-refractivity contribution in [1.29, 1.82) is 0 Å². The molecule has 8 nitrogen and oxygen atoms in total. The summed E-state index contributed by atoms with van der Waals surface area (Å²) in [4.78, 5) is 35.4. The normalized spacial score (nSPS) is 22.9. The van der Waals surface area contributed by atoms with Gasteiger partial charge in [0, 0.05) is 25.2 Å². The Morgan fingerprint density at radius 1 is 1.33 bits per heavy atom. The summed E-state index contributed by atoms with van der Waals surface area (Å²) in [7, 11) is 1.93. The standard InChI is InChI=1S/C23H22F3N5O3S2/c1-31-7-6-14(11-31)34-13-4-5-17(16(8-13)23(24,25)26)28-22-30-20(33)18(36-22)9-15-10-27-21(35-15)29-19(32)12-2-3-12/h4-5,8-10,12,14H,2-3,6-7,11H2,1H3,(H,27,29,32)(H,28,30,33)/b18-9-/t14-/m0/s1. The minimum atomic E-state index is -4.65. The summed E-state index contributed by atoms with van der Waals surface area (Å²) in [5.41, 5.74) is -1.25. The lowest BCUT2D eigenvalue weighted by atomic mass is 10.1. The number of thioether (sulfide) groups is 1. The van der Waals surface area contributed by atoms with Crippen LogP contribution in [0.2, 0.25) is 0 Å². The Balaban J connectivity index is 1.31. The van der Waals surface area contributed by atoms with Gasteiger partial charge in [0.2, 0.25) is 5.91 Å². The van der Waals surface area contributed by atoms with Gasteiger partial charge in [-0.1, -0.05) is 11.3 Å². The van der Waals surface area contributed by atoms with Crippen molar-refractivity contribution >= 4 is 57.0 Å². The number of anilines is 1. The Morgan fingerprint density at radius 3 is 2.83 bits per heavy atom. The maximum Gasteiger partial charge on any atom is 0.418 e. The number of carbonyl (C=O) groups excluding carboxylic acids is 2. The van der Waals surface area contributed by atoms with Gasteiger partial charge in [0.1, 0.15) is 11.9 Å². The number of halogens is 3. The molecule has 1 atom stereocenters. The fraction of sp³-hybridized carbons (Fsp3) is 0.391. The number of nitrogens with one attached hydrogen (secondary N) is 2. The maximum atomic E-state index is 13.8. The summed E-state index contributed by atoms with van der Waals surface area (Å²) in [6.45, 7) is 1.48. The molecule has 0 bridgehead atoms. The number of alkyl halides is 3. The number of nitrogens with zero attached hydrogens (tertiary/aromatic N) is 3. The van der Waals surface area contributed by atoms with Crippen LogP contribution in [-0.2, 0) is 15.8 Å². The first-order valence-electron chi connectivity index (χ1n) is 11.3. The smallest absolute Gasteiger partial charge is 0.418 e. The summed E-state index contributed by atoms with van der Waals surface area (Å²) in [6.07, 6.45) is 0.752. The number of thiazole rings is 1. The van der Waals surface area contributed by atoms with Gasteiger partial charge in [-0.25, -0.2) is 9.98 Å². The van der Waals surface area contributed by atoms with Crippen LogP contribution in [0.1, 0.15) is 29.7 Å². The zero-order valence-corrected chi connectivity index (χ0v) is 20.7. The second-order valence-corrected chi connectivity index (χ2v) is 10.9. The number of hydrogen-bond acceptors (Lipinski definition) is 8. The van der Waals surface area contributed by atoms with Gasteiger partial charge in [0.05, 0.1) is 21.0 Å². The van der Waals surface area contributed by atoms with Crippen LogP contribution in [0.15, 0.2) is 34.3 Å². The van der Waals surface area contributed by atoms with Crippen molar-refractivity contribution in [3.63, 3.8) is 0 Å². The zero-order valence-electron chi connectivity index (χ0n) is 19.1. The molecule has 0 radical (unpaired) electrons. The largest absolute Gasteiger partial charge is 0.489 e. The van der Waals surface area contributed by atoms with E-state index in [1.165, 1.54) is 29.7 Å². The Kier molecular flexibility index (Phi) is 6.79. The van der Waals surface area contributed by atoms with Crippen molar-refractivity contribution in [1.82, 2.24) is 15.2 Å². The molecule has 2 saturated heterocycles. The molecular formula is C23H22F3N5O3S2. The molecule has 1 aromatic heterocycles. The Hall–Kier alpha value is -2.90. The van der Waals surface area contributed by atoms with E-state index in [0.29, 0.717) is 16.6 Å². The van der Waals surface area contributed by atoms with Crippen LogP contribution in [0.5, 0.6) is 5.75 Å². The molecule has 3 heterocycles. The van der Waals surface area contributed by atoms with Crippen molar-refractivity contribution in [3.05, 3.63) is 39.7 Å². The van der Waals surface area contributed by atoms with Crippen molar-refractivity contribution in [2.24, 2.45) is 10.9 Å². The third kappa shape index (κ3) is 5.90. The molecule has 13 heteroatoms. The first-order valence-corrected chi connectivity index (χ1v) is 12.9. The van der Waals surface area contributed by atoms with Crippen molar-refractivity contribution in [2.45, 2.75) is 31.5 Å². The second-order valence-electron chi connectivity index (χ2n) is 8.78. The zero-order chi connectivity index (χ0) is 25.4. The van der Waals surface area contributed by atoms with Gasteiger partial charge in [-0.2, -0.15) is 13.2 Å². The van der Waals surface area contributed by atoms with E-state index >= 15 is 0 Å². The van der Waals surface area contributed by atoms with E-state index in [9.17, 15) is 22.8 Å². The summed E-state index contributed by atoms with van der Waals surface area (Å²) < 4.78 is 47.1. The van der Waals surface area contributed by atoms with Crippen LogP contribution in [0.4, 0.5) is 24.0 Å². The molecule has 3 fully saturated rings. The average molecular weight is 538 g/mol. The van der Waals surface area contributed by atoms with Gasteiger partial charge < -0.3 is 20.3 Å². The number of likely N-dealkylation sites (N-methyl/N-ethyl adjacent to an activating group) is 1. The number of amidine groups is 1. The summed E-state index contributed by atoms with van der Waals surface area (Å²) in [5.74, 6) is -0.379. The number of ether oxygens (including phenoxy) is 1. The van der Waals surface area contributed by atoms with Crippen LogP contribution >= 0.6 is 23.1 Å². The van der Waals surface area contributed by atoms with Gasteiger partial charge in [0.15, 0.2) is 10.3 Å². The highest BCUT2D eigenvalue weighted by Crippen LogP contribution is 2.40. The number of likely N-dealkylation sites (tertiary alicyclic amines) is 1. The lowest BCUT2D eigenvalue weighted by molar-refractivity contribution is -0.137. The monoisotopic (exact) mass is 537 g/mol. The molecule has 2 aliphatic heterocycles. The number of aliphatic imine (C=N–C) groups is 1. The highest BCUT2D eigenvalue weighted by atomic mass is 32.2. The van der Waals surface area contributed by atoms with Gasteiger partial charge >= 0.3 is 6.18 Å². The van der Waals surface area contributed by atoms with Crippen LogP contribution in [0.3, 0.4) is 0 Å². The molecule has 1 aliphatic carbocycles. The topological polar surface area (TPSA) is 95.9 Å². The number of rotatable bonds is 6. The lowest BCUT2D eigenvalue weighted by Gasteiger charge is -2.16. The minimum Gasteiger partial charge on any atom is -0.489 e. The number of hydrogen-bond donors (Lipinski definition) is 2. The molecule has 0 unspecified atom stereocenters. The first-order chi connectivity index (χ1) is 17.1. The minimum absolute atomic E-state index is 0.0367. The summed E-state index contributed by atoms with van der Waals surface area (Å²) in [5, 5.41) is 5.71. The van der Waals surface area contributed by atoms with E-state index in [0.717, 1.165) is 43.6 Å². The molecule has 2 amide bonds. The highest BCUT2D eigenvalue weighted by Gasteiger charge is 2.35. The van der Waals surface area contributed by atoms with Crippen molar-refractivity contribution < 1.29 is 27.5 Å². The molecule has 1 saturated carbocycles. The second kappa shape index (κ2) is 9.87. The molecule has 5 rings (SSSR count). The molecule has 2 aromatic rings. The van der Waals surface area contributed by atoms with E-state index < -0.39 is 17.6 Å². The maximum absolute atomic E-state index is 13.8. The average Bonchev–Trinajstić information content (AvgIpc) is 3.32. The summed E-state index contributed by atoms with van der Waals surface area (Å²) in [6, 6.07) is 3.65. The highest BCUT2D eigenvalue weighted by molar-refractivity contribution is 8.18. The third-order valence-corrected chi connectivity index (χ3v) is 7.54. The molecule has 3 aliphatic rings. The van der Waals surface area contributed by atoms with Gasteiger partial charge in [-0.15, -0.1) is 0 Å². The van der Waals surface area contributed by atoms with E-state index in [1.54, 1.807) is 6.08 Å². The number of benzene rings is 1. The fourth-order valence-electron chi connectivity index (χ4n) is 3.78. The predicted molar refractivity (Wildman–Crippen MR) is 132 cm³/mol. The third-order valence-electron chi connectivity index (χ3n) is 5.77. The number of aromatic nitrogens is 1. The van der Waals surface area contributed by atoms with Crippen molar-refractivity contribution in [2.75, 3.05) is 25.5 Å². The van der Waals surface area contributed by atoms with Crippen LogP contribution in [0, 0.1) is 5.92 Å². The fourth-order valence-corrected chi connectivity index (χ4v) is 5.44. The molecule has 190 valence electrons. The van der Waals surface area contributed by atoms with E-state index in [1.807, 2.05) is 7.05 Å². The lowest BCUT2D eigenvalue weighted by Crippen LogP contribution is -2.21. The van der Waals surface area contributed by atoms with Crippen LogP contribution in [-0.4, -0.2) is 53.1 Å². The van der Waals surface area contributed by atoms with E-state index in [2.05, 4.69) is 25.5 Å². The molecule has 2 N–H and O–H groups in total. The Bertz CT molecular complexity index is 1260. The van der Waals surface area contributed by atoms with Gasteiger partial charge in [-0.05, 0) is 62.3 Å². The number of carbonyl (C=O) groups is 2. The van der Waals surface area contributed by atoms with Crippen molar-refractivity contribution in [3.8, 4) is 5.75 Å². The van der Waals surface area contributed by atoms with Crippen LogP contribution < -0.4 is 15.4 Å². The number of amides is 2. The molecule has 0 spiro atoms. The van der Waals surface area contributed by atoms with E-state index in [-0.39, 0.29) is 39.4 Å².